The van der Waals surface area contributed by atoms with E-state index in [9.17, 15) is 8.78 Å². The molecule has 0 amide bonds. The molecule has 28 heavy (non-hydrogen) atoms. The lowest BCUT2D eigenvalue weighted by atomic mass is 10.2. The van der Waals surface area contributed by atoms with Gasteiger partial charge in [0.15, 0.2) is 11.1 Å². The van der Waals surface area contributed by atoms with Crippen LogP contribution in [-0.4, -0.2) is 50.7 Å². The molecule has 0 bridgehead atoms. The Morgan fingerprint density at radius 1 is 1.39 bits per heavy atom. The van der Waals surface area contributed by atoms with Crippen molar-refractivity contribution in [1.82, 2.24) is 15.6 Å². The number of thiazole rings is 1. The maximum atomic E-state index is 14.0. The Kier molecular flexibility index (Phi) is 6.66. The average Bonchev–Trinajstić information content (AvgIpc) is 3.29. The highest BCUT2D eigenvalue weighted by molar-refractivity contribution is 7.13. The van der Waals surface area contributed by atoms with Crippen molar-refractivity contribution in [3.63, 3.8) is 0 Å². The number of hydrogen-bond donors (Lipinski definition) is 2. The van der Waals surface area contributed by atoms with Gasteiger partial charge in [0.1, 0.15) is 11.6 Å². The third-order valence-corrected chi connectivity index (χ3v) is 5.50. The Morgan fingerprint density at radius 3 is 2.89 bits per heavy atom. The van der Waals surface area contributed by atoms with Gasteiger partial charge in [0.25, 0.3) is 0 Å². The van der Waals surface area contributed by atoms with Crippen molar-refractivity contribution in [3.05, 3.63) is 40.9 Å². The van der Waals surface area contributed by atoms with E-state index >= 15 is 0 Å². The highest BCUT2D eigenvalue weighted by atomic mass is 32.1. The molecule has 2 N–H and O–H groups in total. The van der Waals surface area contributed by atoms with E-state index in [0.29, 0.717) is 31.3 Å². The summed E-state index contributed by atoms with van der Waals surface area (Å²) in [5.74, 6) is -0.370. The van der Waals surface area contributed by atoms with Crippen LogP contribution < -0.4 is 20.4 Å². The van der Waals surface area contributed by atoms with Crippen LogP contribution in [-0.2, 0) is 6.54 Å². The fourth-order valence-corrected chi connectivity index (χ4v) is 3.83. The number of rotatable bonds is 6. The van der Waals surface area contributed by atoms with Gasteiger partial charge in [-0.05, 0) is 25.5 Å². The van der Waals surface area contributed by atoms with E-state index in [-0.39, 0.29) is 6.04 Å². The van der Waals surface area contributed by atoms with Gasteiger partial charge in [-0.15, -0.1) is 11.3 Å². The van der Waals surface area contributed by atoms with Crippen LogP contribution in [0.15, 0.2) is 28.6 Å². The summed E-state index contributed by atoms with van der Waals surface area (Å²) in [4.78, 5) is 13.1. The third kappa shape index (κ3) is 5.09. The molecule has 152 valence electrons. The summed E-state index contributed by atoms with van der Waals surface area (Å²) < 4.78 is 27.2. The number of nitrogens with one attached hydrogen (secondary N) is 2. The van der Waals surface area contributed by atoms with Crippen molar-refractivity contribution < 1.29 is 8.78 Å². The van der Waals surface area contributed by atoms with Gasteiger partial charge in [-0.25, -0.2) is 18.8 Å². The molecule has 9 heteroatoms. The van der Waals surface area contributed by atoms with Gasteiger partial charge >= 0.3 is 0 Å². The van der Waals surface area contributed by atoms with Crippen molar-refractivity contribution in [2.45, 2.75) is 25.9 Å². The summed E-state index contributed by atoms with van der Waals surface area (Å²) in [5, 5.41) is 9.62. The van der Waals surface area contributed by atoms with E-state index in [1.165, 1.54) is 12.1 Å². The lowest BCUT2D eigenvalue weighted by Crippen LogP contribution is -2.44. The van der Waals surface area contributed by atoms with Crippen LogP contribution in [0.2, 0.25) is 0 Å². The number of halogens is 2. The lowest BCUT2D eigenvalue weighted by Gasteiger charge is -2.21. The van der Waals surface area contributed by atoms with Crippen LogP contribution in [0.1, 0.15) is 19.0 Å². The molecule has 6 nitrogen and oxygen atoms in total. The number of hydrogen-bond acceptors (Lipinski definition) is 5. The molecule has 1 fully saturated rings. The molecular weight excluding hydrogens is 382 g/mol. The summed E-state index contributed by atoms with van der Waals surface area (Å²) in [6.45, 7) is 4.59. The summed E-state index contributed by atoms with van der Waals surface area (Å²) in [7, 11) is 3.93. The first-order chi connectivity index (χ1) is 13.5. The molecule has 2 heterocycles. The molecule has 1 atom stereocenters. The van der Waals surface area contributed by atoms with Crippen LogP contribution in [0.5, 0.6) is 0 Å². The number of aliphatic imine (C=N–C) groups is 1. The minimum absolute atomic E-state index is 0.134. The zero-order valence-electron chi connectivity index (χ0n) is 16.4. The van der Waals surface area contributed by atoms with E-state index < -0.39 is 11.6 Å². The predicted molar refractivity (Wildman–Crippen MR) is 111 cm³/mol. The maximum Gasteiger partial charge on any atom is 0.191 e. The smallest absolute Gasteiger partial charge is 0.191 e. The van der Waals surface area contributed by atoms with Gasteiger partial charge in [0.05, 0.1) is 17.9 Å². The Bertz CT molecular complexity index is 823. The van der Waals surface area contributed by atoms with Gasteiger partial charge in [-0.2, -0.15) is 0 Å². The maximum absolute atomic E-state index is 14.0. The normalized spacial score (nSPS) is 17.1. The SMILES string of the molecule is CCNC(=NCc1csc(N(C)C)n1)NC1CCN(c2ccc(F)cc2F)C1. The van der Waals surface area contributed by atoms with Crippen LogP contribution in [0, 0.1) is 11.6 Å². The first-order valence-electron chi connectivity index (χ1n) is 9.33. The second kappa shape index (κ2) is 9.18. The van der Waals surface area contributed by atoms with Crippen molar-refractivity contribution in [2.75, 3.05) is 43.5 Å². The van der Waals surface area contributed by atoms with Crippen LogP contribution in [0.3, 0.4) is 0 Å². The lowest BCUT2D eigenvalue weighted by molar-refractivity contribution is 0.580. The molecule has 2 aromatic rings. The molecule has 0 saturated carbocycles. The summed E-state index contributed by atoms with van der Waals surface area (Å²) in [5.41, 5.74) is 1.36. The Balaban J connectivity index is 1.60. The number of guanidine groups is 1. The van der Waals surface area contributed by atoms with Crippen LogP contribution in [0.4, 0.5) is 19.6 Å². The highest BCUT2D eigenvalue weighted by Gasteiger charge is 2.25. The second-order valence-corrected chi connectivity index (χ2v) is 7.72. The zero-order chi connectivity index (χ0) is 20.1. The van der Waals surface area contributed by atoms with E-state index in [1.54, 1.807) is 11.3 Å². The van der Waals surface area contributed by atoms with Gasteiger partial charge in [-0.3, -0.25) is 0 Å². The van der Waals surface area contributed by atoms with Crippen molar-refractivity contribution in [3.8, 4) is 0 Å². The Hall–Kier alpha value is -2.42. The van der Waals surface area contributed by atoms with Gasteiger partial charge in [0.2, 0.25) is 0 Å². The molecule has 1 saturated heterocycles. The van der Waals surface area contributed by atoms with E-state index in [2.05, 4.69) is 20.6 Å². The topological polar surface area (TPSA) is 55.8 Å². The van der Waals surface area contributed by atoms with Crippen LogP contribution >= 0.6 is 11.3 Å². The highest BCUT2D eigenvalue weighted by Crippen LogP contribution is 2.24. The molecule has 3 rings (SSSR count). The first-order valence-corrected chi connectivity index (χ1v) is 10.2. The van der Waals surface area contributed by atoms with E-state index in [0.717, 1.165) is 29.9 Å². The quantitative estimate of drug-likeness (QED) is 0.569. The molecule has 1 aromatic heterocycles. The molecule has 1 aromatic carbocycles. The fourth-order valence-electron chi connectivity index (χ4n) is 3.08. The Labute approximate surface area is 168 Å². The first kappa shape index (κ1) is 20.3. The van der Waals surface area contributed by atoms with Crippen molar-refractivity contribution in [1.29, 1.82) is 0 Å². The molecule has 1 aliphatic heterocycles. The minimum Gasteiger partial charge on any atom is -0.367 e. The molecule has 1 aliphatic rings. The number of nitrogens with zero attached hydrogens (tertiary/aromatic N) is 4. The van der Waals surface area contributed by atoms with Gasteiger partial charge in [-0.1, -0.05) is 0 Å². The van der Waals surface area contributed by atoms with E-state index in [4.69, 9.17) is 0 Å². The second-order valence-electron chi connectivity index (χ2n) is 6.88. The number of aromatic nitrogens is 1. The van der Waals surface area contributed by atoms with Gasteiger partial charge in [0, 0.05) is 51.2 Å². The molecule has 0 aliphatic carbocycles. The third-order valence-electron chi connectivity index (χ3n) is 4.45. The summed E-state index contributed by atoms with van der Waals surface area (Å²) in [6, 6.07) is 3.85. The molecular formula is C19H26F2N6S. The van der Waals surface area contributed by atoms with Crippen molar-refractivity contribution >= 4 is 28.1 Å². The van der Waals surface area contributed by atoms with Crippen molar-refractivity contribution in [2.24, 2.45) is 4.99 Å². The predicted octanol–water partition coefficient (Wildman–Crippen LogP) is 2.82. The fraction of sp³-hybridized carbons (Fsp3) is 0.474. The van der Waals surface area contributed by atoms with Crippen LogP contribution in [0.25, 0.3) is 0 Å². The largest absolute Gasteiger partial charge is 0.367 e. The van der Waals surface area contributed by atoms with E-state index in [1.807, 2.05) is 36.2 Å². The monoisotopic (exact) mass is 408 g/mol. The standard InChI is InChI=1S/C19H26F2N6S/c1-4-22-18(23-10-15-12-28-19(25-15)26(2)3)24-14-7-8-27(11-14)17-6-5-13(20)9-16(17)21/h5-6,9,12,14H,4,7-8,10-11H2,1-3H3,(H2,22,23,24). The Morgan fingerprint density at radius 2 is 2.21 bits per heavy atom. The average molecular weight is 409 g/mol. The summed E-state index contributed by atoms with van der Waals surface area (Å²) in [6.07, 6.45) is 0.850. The number of anilines is 2. The molecule has 0 spiro atoms. The minimum atomic E-state index is -0.559. The summed E-state index contributed by atoms with van der Waals surface area (Å²) >= 11 is 1.59. The molecule has 0 radical (unpaired) electrons. The molecule has 1 unspecified atom stereocenters. The number of benzene rings is 1. The zero-order valence-corrected chi connectivity index (χ0v) is 17.2. The van der Waals surface area contributed by atoms with Gasteiger partial charge < -0.3 is 20.4 Å².